The Morgan fingerprint density at radius 2 is 2.15 bits per heavy atom. The smallest absolute Gasteiger partial charge is 0.219 e. The zero-order chi connectivity index (χ0) is 14.5. The van der Waals surface area contributed by atoms with Gasteiger partial charge in [-0.1, -0.05) is 36.7 Å². The molecule has 0 spiro atoms. The van der Waals surface area contributed by atoms with Gasteiger partial charge in [0.2, 0.25) is 5.91 Å². The molecule has 1 amide bonds. The fourth-order valence-corrected chi connectivity index (χ4v) is 2.43. The Labute approximate surface area is 123 Å². The number of fused-ring (bicyclic) bond motifs is 1. The third-order valence-electron chi connectivity index (χ3n) is 3.28. The lowest BCUT2D eigenvalue weighted by Gasteiger charge is -2.10. The Hall–Kier alpha value is -1.74. The molecule has 2 aromatic rings. The van der Waals surface area contributed by atoms with Crippen LogP contribution in [0.3, 0.4) is 0 Å². The number of carbonyl (C=O) groups excluding carboxylic acids is 1. The first-order chi connectivity index (χ1) is 9.65. The summed E-state index contributed by atoms with van der Waals surface area (Å²) in [5.74, 6) is 0.745. The van der Waals surface area contributed by atoms with Crippen LogP contribution in [-0.2, 0) is 11.2 Å². The van der Waals surface area contributed by atoms with Crippen LogP contribution >= 0.6 is 11.6 Å². The van der Waals surface area contributed by atoms with Crippen molar-refractivity contribution in [2.45, 2.75) is 19.8 Å². The number of hydrogen-bond acceptors (Lipinski definition) is 2. The van der Waals surface area contributed by atoms with Crippen molar-refractivity contribution in [3.63, 3.8) is 0 Å². The van der Waals surface area contributed by atoms with Crippen molar-refractivity contribution in [3.05, 3.63) is 40.9 Å². The average Bonchev–Trinajstić information content (AvgIpc) is 2.46. The Balaban J connectivity index is 2.26. The second-order valence-corrected chi connectivity index (χ2v) is 4.99. The van der Waals surface area contributed by atoms with Gasteiger partial charge >= 0.3 is 0 Å². The molecule has 0 radical (unpaired) electrons. The summed E-state index contributed by atoms with van der Waals surface area (Å²) >= 11 is 6.14. The summed E-state index contributed by atoms with van der Waals surface area (Å²) in [5.41, 5.74) is 1.17. The van der Waals surface area contributed by atoms with Gasteiger partial charge in [-0.2, -0.15) is 0 Å². The molecule has 0 heterocycles. The number of nitrogens with one attached hydrogen (secondary N) is 1. The summed E-state index contributed by atoms with van der Waals surface area (Å²) < 4.78 is 5.27. The van der Waals surface area contributed by atoms with Crippen LogP contribution in [0.2, 0.25) is 5.02 Å². The lowest BCUT2D eigenvalue weighted by atomic mass is 10.0. The summed E-state index contributed by atoms with van der Waals surface area (Å²) in [5, 5.41) is 5.69. The standard InChI is InChI=1S/C16H18ClNO2/c1-3-16(19)18-8-7-11-5-4-6-12-9-14(17)15(20-2)10-13(11)12/h4-6,9-10H,3,7-8H2,1-2H3,(H,18,19). The molecule has 0 atom stereocenters. The van der Waals surface area contributed by atoms with Gasteiger partial charge in [0.05, 0.1) is 12.1 Å². The molecule has 1 N–H and O–H groups in total. The maximum Gasteiger partial charge on any atom is 0.219 e. The fourth-order valence-electron chi connectivity index (χ4n) is 2.18. The quantitative estimate of drug-likeness (QED) is 0.914. The van der Waals surface area contributed by atoms with Crippen LogP contribution in [0.5, 0.6) is 5.75 Å². The van der Waals surface area contributed by atoms with E-state index in [-0.39, 0.29) is 5.91 Å². The van der Waals surface area contributed by atoms with E-state index in [1.54, 1.807) is 7.11 Å². The number of halogens is 1. The van der Waals surface area contributed by atoms with Crippen molar-refractivity contribution < 1.29 is 9.53 Å². The molecular weight excluding hydrogens is 274 g/mol. The van der Waals surface area contributed by atoms with Gasteiger partial charge in [0.15, 0.2) is 0 Å². The molecule has 0 aliphatic carbocycles. The van der Waals surface area contributed by atoms with Crippen molar-refractivity contribution in [2.75, 3.05) is 13.7 Å². The first kappa shape index (κ1) is 14.7. The first-order valence-electron chi connectivity index (χ1n) is 6.67. The third-order valence-corrected chi connectivity index (χ3v) is 3.58. The lowest BCUT2D eigenvalue weighted by Crippen LogP contribution is -2.24. The molecule has 20 heavy (non-hydrogen) atoms. The van der Waals surface area contributed by atoms with Crippen molar-refractivity contribution in [1.29, 1.82) is 0 Å². The van der Waals surface area contributed by atoms with E-state index in [1.165, 1.54) is 5.56 Å². The van der Waals surface area contributed by atoms with Gasteiger partial charge in [0.25, 0.3) is 0 Å². The Morgan fingerprint density at radius 3 is 2.85 bits per heavy atom. The number of carbonyl (C=O) groups is 1. The molecule has 0 aromatic heterocycles. The predicted octanol–water partition coefficient (Wildman–Crippen LogP) is 3.57. The van der Waals surface area contributed by atoms with Crippen LogP contribution in [0.4, 0.5) is 0 Å². The van der Waals surface area contributed by atoms with Gasteiger partial charge in [-0.25, -0.2) is 0 Å². The highest BCUT2D eigenvalue weighted by Crippen LogP contribution is 2.31. The van der Waals surface area contributed by atoms with Gasteiger partial charge in [0.1, 0.15) is 5.75 Å². The van der Waals surface area contributed by atoms with E-state index in [0.717, 1.165) is 17.2 Å². The minimum absolute atomic E-state index is 0.0749. The lowest BCUT2D eigenvalue weighted by molar-refractivity contribution is -0.120. The van der Waals surface area contributed by atoms with E-state index in [1.807, 2.05) is 31.2 Å². The van der Waals surface area contributed by atoms with Crippen LogP contribution in [0.25, 0.3) is 10.8 Å². The Bertz CT molecular complexity index is 625. The zero-order valence-electron chi connectivity index (χ0n) is 11.7. The molecule has 106 valence electrons. The molecule has 4 heteroatoms. The zero-order valence-corrected chi connectivity index (χ0v) is 12.5. The van der Waals surface area contributed by atoms with Crippen molar-refractivity contribution in [2.24, 2.45) is 0 Å². The van der Waals surface area contributed by atoms with Gasteiger partial charge in [-0.3, -0.25) is 4.79 Å². The van der Waals surface area contributed by atoms with E-state index in [0.29, 0.717) is 23.7 Å². The monoisotopic (exact) mass is 291 g/mol. The molecule has 2 rings (SSSR count). The molecule has 0 saturated carbocycles. The van der Waals surface area contributed by atoms with Crippen LogP contribution in [0.1, 0.15) is 18.9 Å². The van der Waals surface area contributed by atoms with Gasteiger partial charge < -0.3 is 10.1 Å². The normalized spacial score (nSPS) is 10.6. The van der Waals surface area contributed by atoms with E-state index >= 15 is 0 Å². The third kappa shape index (κ3) is 3.23. The van der Waals surface area contributed by atoms with Gasteiger partial charge in [-0.05, 0) is 34.9 Å². The summed E-state index contributed by atoms with van der Waals surface area (Å²) in [6.45, 7) is 2.48. The predicted molar refractivity (Wildman–Crippen MR) is 82.5 cm³/mol. The molecule has 3 nitrogen and oxygen atoms in total. The summed E-state index contributed by atoms with van der Waals surface area (Å²) in [4.78, 5) is 11.3. The van der Waals surface area contributed by atoms with Crippen molar-refractivity contribution >= 4 is 28.3 Å². The first-order valence-corrected chi connectivity index (χ1v) is 7.05. The number of benzene rings is 2. The minimum atomic E-state index is 0.0749. The summed E-state index contributed by atoms with van der Waals surface area (Å²) in [6.07, 6.45) is 1.30. The van der Waals surface area contributed by atoms with Crippen molar-refractivity contribution in [3.8, 4) is 5.75 Å². The van der Waals surface area contributed by atoms with E-state index in [2.05, 4.69) is 11.4 Å². The largest absolute Gasteiger partial charge is 0.495 e. The maximum absolute atomic E-state index is 11.3. The van der Waals surface area contributed by atoms with Crippen LogP contribution in [0.15, 0.2) is 30.3 Å². The summed E-state index contributed by atoms with van der Waals surface area (Å²) in [7, 11) is 1.61. The molecule has 0 aliphatic heterocycles. The molecule has 0 unspecified atom stereocenters. The van der Waals surface area contributed by atoms with Crippen LogP contribution < -0.4 is 10.1 Å². The number of methoxy groups -OCH3 is 1. The van der Waals surface area contributed by atoms with Gasteiger partial charge in [0, 0.05) is 13.0 Å². The van der Waals surface area contributed by atoms with E-state index in [9.17, 15) is 4.79 Å². The molecular formula is C16H18ClNO2. The van der Waals surface area contributed by atoms with Crippen molar-refractivity contribution in [1.82, 2.24) is 5.32 Å². The fraction of sp³-hybridized carbons (Fsp3) is 0.312. The highest BCUT2D eigenvalue weighted by molar-refractivity contribution is 6.32. The molecule has 0 fully saturated rings. The highest BCUT2D eigenvalue weighted by Gasteiger charge is 2.07. The minimum Gasteiger partial charge on any atom is -0.495 e. The van der Waals surface area contributed by atoms with Crippen LogP contribution in [-0.4, -0.2) is 19.6 Å². The second-order valence-electron chi connectivity index (χ2n) is 4.58. The number of amides is 1. The van der Waals surface area contributed by atoms with Gasteiger partial charge in [-0.15, -0.1) is 0 Å². The number of ether oxygens (including phenoxy) is 1. The second kappa shape index (κ2) is 6.62. The van der Waals surface area contributed by atoms with E-state index in [4.69, 9.17) is 16.3 Å². The molecule has 2 aromatic carbocycles. The van der Waals surface area contributed by atoms with E-state index < -0.39 is 0 Å². The number of rotatable bonds is 5. The highest BCUT2D eigenvalue weighted by atomic mass is 35.5. The number of hydrogen-bond donors (Lipinski definition) is 1. The average molecular weight is 292 g/mol. The molecule has 0 aliphatic rings. The SMILES string of the molecule is CCC(=O)NCCc1cccc2cc(Cl)c(OC)cc12. The molecule has 0 bridgehead atoms. The Kier molecular flexibility index (Phi) is 4.85. The maximum atomic E-state index is 11.3. The topological polar surface area (TPSA) is 38.3 Å². The Morgan fingerprint density at radius 1 is 1.35 bits per heavy atom. The van der Waals surface area contributed by atoms with Crippen LogP contribution in [0, 0.1) is 0 Å². The summed E-state index contributed by atoms with van der Waals surface area (Å²) in [6, 6.07) is 9.95. The molecule has 0 saturated heterocycles.